The molecule has 0 N–H and O–H groups in total. The Morgan fingerprint density at radius 3 is 2.89 bits per heavy atom. The standard InChI is InChI=1S/C14H15N3O/c1-2-9-17(8-1)14-6-5-13(18-14)11-16-12-4-3-7-15-10-12/h3-7,10-11H,1-2,8-9H2. The number of nitrogens with zero attached hydrogens (tertiary/aromatic N) is 3. The molecule has 0 radical (unpaired) electrons. The number of pyridine rings is 1. The van der Waals surface area contributed by atoms with Crippen LogP contribution >= 0.6 is 0 Å². The number of aliphatic imine (C=N–C) groups is 1. The number of hydrogen-bond acceptors (Lipinski definition) is 4. The van der Waals surface area contributed by atoms with Gasteiger partial charge in [-0.1, -0.05) is 0 Å². The number of rotatable bonds is 3. The highest BCUT2D eigenvalue weighted by molar-refractivity contribution is 5.79. The molecule has 0 saturated carbocycles. The smallest absolute Gasteiger partial charge is 0.196 e. The van der Waals surface area contributed by atoms with Crippen LogP contribution in [0.25, 0.3) is 0 Å². The second kappa shape index (κ2) is 5.04. The third kappa shape index (κ3) is 2.42. The summed E-state index contributed by atoms with van der Waals surface area (Å²) < 4.78 is 5.75. The molecule has 92 valence electrons. The number of anilines is 1. The van der Waals surface area contributed by atoms with Crippen LogP contribution in [-0.4, -0.2) is 24.3 Å². The fourth-order valence-electron chi connectivity index (χ4n) is 2.09. The molecule has 0 unspecified atom stereocenters. The fraction of sp³-hybridized carbons (Fsp3) is 0.286. The Labute approximate surface area is 106 Å². The Balaban J connectivity index is 1.72. The molecule has 0 bridgehead atoms. The Kier molecular flexibility index (Phi) is 3.08. The first-order valence-corrected chi connectivity index (χ1v) is 6.21. The minimum absolute atomic E-state index is 0.778. The lowest BCUT2D eigenvalue weighted by Gasteiger charge is -2.12. The van der Waals surface area contributed by atoms with E-state index in [0.29, 0.717) is 0 Å². The summed E-state index contributed by atoms with van der Waals surface area (Å²) in [7, 11) is 0. The molecule has 3 rings (SSSR count). The van der Waals surface area contributed by atoms with Crippen LogP contribution in [0.15, 0.2) is 46.1 Å². The van der Waals surface area contributed by atoms with Crippen LogP contribution in [0.3, 0.4) is 0 Å². The second-order valence-electron chi connectivity index (χ2n) is 4.34. The fourth-order valence-corrected chi connectivity index (χ4v) is 2.09. The van der Waals surface area contributed by atoms with Crippen molar-refractivity contribution in [2.24, 2.45) is 4.99 Å². The molecule has 0 spiro atoms. The number of furan rings is 1. The molecule has 18 heavy (non-hydrogen) atoms. The van der Waals surface area contributed by atoms with Gasteiger partial charge in [-0.2, -0.15) is 0 Å². The zero-order chi connectivity index (χ0) is 12.2. The lowest BCUT2D eigenvalue weighted by Crippen LogP contribution is -2.16. The van der Waals surface area contributed by atoms with Gasteiger partial charge >= 0.3 is 0 Å². The van der Waals surface area contributed by atoms with Crippen LogP contribution in [0.5, 0.6) is 0 Å². The zero-order valence-corrected chi connectivity index (χ0v) is 10.1. The van der Waals surface area contributed by atoms with Crippen molar-refractivity contribution >= 4 is 17.8 Å². The van der Waals surface area contributed by atoms with Gasteiger partial charge in [0.05, 0.1) is 18.1 Å². The molecular formula is C14H15N3O. The SMILES string of the molecule is C(=Nc1cccnc1)c1ccc(N2CCCC2)o1. The van der Waals surface area contributed by atoms with E-state index in [-0.39, 0.29) is 0 Å². The summed E-state index contributed by atoms with van der Waals surface area (Å²) in [5, 5.41) is 0. The summed E-state index contributed by atoms with van der Waals surface area (Å²) in [4.78, 5) is 10.6. The molecule has 0 aliphatic carbocycles. The largest absolute Gasteiger partial charge is 0.440 e. The van der Waals surface area contributed by atoms with Gasteiger partial charge in [-0.3, -0.25) is 9.98 Å². The highest BCUT2D eigenvalue weighted by Gasteiger charge is 2.14. The van der Waals surface area contributed by atoms with Crippen LogP contribution in [0.1, 0.15) is 18.6 Å². The van der Waals surface area contributed by atoms with Crippen molar-refractivity contribution in [2.45, 2.75) is 12.8 Å². The van der Waals surface area contributed by atoms with E-state index in [2.05, 4.69) is 14.9 Å². The van der Waals surface area contributed by atoms with Gasteiger partial charge in [-0.25, -0.2) is 0 Å². The molecular weight excluding hydrogens is 226 g/mol. The van der Waals surface area contributed by atoms with E-state index in [4.69, 9.17) is 4.42 Å². The van der Waals surface area contributed by atoms with Crippen LogP contribution in [0.4, 0.5) is 11.6 Å². The van der Waals surface area contributed by atoms with Gasteiger partial charge in [-0.15, -0.1) is 0 Å². The third-order valence-electron chi connectivity index (χ3n) is 3.02. The lowest BCUT2D eigenvalue weighted by atomic mass is 10.4. The third-order valence-corrected chi connectivity index (χ3v) is 3.02. The molecule has 0 atom stereocenters. The first kappa shape index (κ1) is 11.0. The molecule has 4 heteroatoms. The van der Waals surface area contributed by atoms with E-state index in [1.807, 2.05) is 24.3 Å². The summed E-state index contributed by atoms with van der Waals surface area (Å²) in [6, 6.07) is 7.74. The van der Waals surface area contributed by atoms with Crippen LogP contribution < -0.4 is 4.90 Å². The molecule has 1 fully saturated rings. The highest BCUT2D eigenvalue weighted by Crippen LogP contribution is 2.22. The van der Waals surface area contributed by atoms with Crippen molar-refractivity contribution in [1.29, 1.82) is 0 Å². The van der Waals surface area contributed by atoms with Gasteiger partial charge in [0.1, 0.15) is 5.76 Å². The maximum atomic E-state index is 5.75. The second-order valence-corrected chi connectivity index (χ2v) is 4.34. The van der Waals surface area contributed by atoms with Crippen molar-refractivity contribution in [1.82, 2.24) is 4.98 Å². The molecule has 4 nitrogen and oxygen atoms in total. The first-order valence-electron chi connectivity index (χ1n) is 6.21. The number of hydrogen-bond donors (Lipinski definition) is 0. The van der Waals surface area contributed by atoms with Gasteiger partial charge in [0.25, 0.3) is 0 Å². The summed E-state index contributed by atoms with van der Waals surface area (Å²) >= 11 is 0. The van der Waals surface area contributed by atoms with Gasteiger partial charge in [0.2, 0.25) is 0 Å². The zero-order valence-electron chi connectivity index (χ0n) is 10.1. The minimum Gasteiger partial charge on any atom is -0.440 e. The van der Waals surface area contributed by atoms with Gasteiger partial charge in [-0.05, 0) is 31.0 Å². The number of aromatic nitrogens is 1. The van der Waals surface area contributed by atoms with Crippen LogP contribution in [0.2, 0.25) is 0 Å². The average molecular weight is 241 g/mol. The Hall–Kier alpha value is -2.10. The lowest BCUT2D eigenvalue weighted by molar-refractivity contribution is 0.550. The van der Waals surface area contributed by atoms with Gasteiger partial charge < -0.3 is 9.32 Å². The van der Waals surface area contributed by atoms with E-state index >= 15 is 0 Å². The Morgan fingerprint density at radius 1 is 1.22 bits per heavy atom. The van der Waals surface area contributed by atoms with Crippen molar-refractivity contribution < 1.29 is 4.42 Å². The quantitative estimate of drug-likeness (QED) is 0.776. The average Bonchev–Trinajstić information content (AvgIpc) is 3.08. The van der Waals surface area contributed by atoms with E-state index in [1.165, 1.54) is 12.8 Å². The molecule has 3 heterocycles. The highest BCUT2D eigenvalue weighted by atomic mass is 16.4. The molecule has 1 saturated heterocycles. The summed E-state index contributed by atoms with van der Waals surface area (Å²) in [5.74, 6) is 1.72. The first-order chi connectivity index (χ1) is 8.92. The molecule has 0 aromatic carbocycles. The van der Waals surface area contributed by atoms with Crippen molar-refractivity contribution in [3.63, 3.8) is 0 Å². The maximum Gasteiger partial charge on any atom is 0.196 e. The maximum absolute atomic E-state index is 5.75. The normalized spacial score (nSPS) is 15.7. The summed E-state index contributed by atoms with van der Waals surface area (Å²) in [6.07, 6.45) is 7.69. The van der Waals surface area contributed by atoms with E-state index in [1.54, 1.807) is 18.6 Å². The van der Waals surface area contributed by atoms with Gasteiger partial charge in [0.15, 0.2) is 5.88 Å². The molecule has 1 aliphatic heterocycles. The van der Waals surface area contributed by atoms with E-state index in [0.717, 1.165) is 30.4 Å². The van der Waals surface area contributed by atoms with Crippen molar-refractivity contribution in [3.8, 4) is 0 Å². The minimum atomic E-state index is 0.778. The molecule has 2 aromatic rings. The van der Waals surface area contributed by atoms with Gasteiger partial charge in [0, 0.05) is 25.4 Å². The molecule has 2 aromatic heterocycles. The Morgan fingerprint density at radius 2 is 2.11 bits per heavy atom. The topological polar surface area (TPSA) is 41.6 Å². The molecule has 0 amide bonds. The van der Waals surface area contributed by atoms with Crippen LogP contribution in [0, 0.1) is 0 Å². The predicted octanol–water partition coefficient (Wildman–Crippen LogP) is 3.03. The summed E-state index contributed by atoms with van der Waals surface area (Å²) in [6.45, 7) is 2.18. The monoisotopic (exact) mass is 241 g/mol. The van der Waals surface area contributed by atoms with Crippen LogP contribution in [-0.2, 0) is 0 Å². The molecule has 1 aliphatic rings. The summed E-state index contributed by atoms with van der Waals surface area (Å²) in [5.41, 5.74) is 0.830. The van der Waals surface area contributed by atoms with Crippen molar-refractivity contribution in [3.05, 3.63) is 42.4 Å². The van der Waals surface area contributed by atoms with E-state index in [9.17, 15) is 0 Å². The Bertz CT molecular complexity index is 527. The predicted molar refractivity (Wildman–Crippen MR) is 71.6 cm³/mol. The van der Waals surface area contributed by atoms with Crippen molar-refractivity contribution in [2.75, 3.05) is 18.0 Å². The van der Waals surface area contributed by atoms with E-state index < -0.39 is 0 Å².